The molecule has 17 heavy (non-hydrogen) atoms. The highest BCUT2D eigenvalue weighted by molar-refractivity contribution is 9.10. The lowest BCUT2D eigenvalue weighted by Crippen LogP contribution is -2.43. The van der Waals surface area contributed by atoms with E-state index < -0.39 is 12.1 Å². The van der Waals surface area contributed by atoms with Gasteiger partial charge in [-0.15, -0.1) is 0 Å². The minimum absolute atomic E-state index is 0.194. The molecule has 0 saturated carbocycles. The minimum Gasteiger partial charge on any atom is -0.392 e. The summed E-state index contributed by atoms with van der Waals surface area (Å²) in [5.41, 5.74) is 5.98. The molecule has 0 bridgehead atoms. The molecule has 0 heterocycles. The molecular weight excluding hydrogens is 307 g/mol. The van der Waals surface area contributed by atoms with Crippen LogP contribution in [-0.2, 0) is 0 Å². The highest BCUT2D eigenvalue weighted by Gasteiger charge is 2.14. The number of nitrogens with two attached hydrogens (primary N) is 1. The van der Waals surface area contributed by atoms with Gasteiger partial charge >= 0.3 is 0 Å². The number of benzene rings is 1. The van der Waals surface area contributed by atoms with Crippen molar-refractivity contribution in [2.24, 2.45) is 5.73 Å². The second kappa shape index (κ2) is 6.35. The minimum atomic E-state index is -0.673. The molecule has 1 aromatic carbocycles. The third-order valence-corrected chi connectivity index (χ3v) is 3.61. The van der Waals surface area contributed by atoms with Crippen LogP contribution in [0.5, 0.6) is 0 Å². The lowest BCUT2D eigenvalue weighted by Gasteiger charge is -2.15. The van der Waals surface area contributed by atoms with Gasteiger partial charge in [-0.05, 0) is 35.0 Å². The van der Waals surface area contributed by atoms with E-state index in [-0.39, 0.29) is 12.5 Å². The zero-order valence-corrected chi connectivity index (χ0v) is 11.6. The van der Waals surface area contributed by atoms with Crippen LogP contribution in [0.3, 0.4) is 0 Å². The lowest BCUT2D eigenvalue weighted by molar-refractivity contribution is 0.0937. The maximum Gasteiger partial charge on any atom is 0.252 e. The SMILES string of the molecule is CC(O)C(N)CNC(=O)c1cccc(Br)c1Cl. The zero-order chi connectivity index (χ0) is 13.0. The Morgan fingerprint density at radius 2 is 2.29 bits per heavy atom. The number of aliphatic hydroxyl groups excluding tert-OH is 1. The predicted molar refractivity (Wildman–Crippen MR) is 71.1 cm³/mol. The number of hydrogen-bond acceptors (Lipinski definition) is 3. The van der Waals surface area contributed by atoms with Crippen molar-refractivity contribution in [1.29, 1.82) is 0 Å². The van der Waals surface area contributed by atoms with Gasteiger partial charge < -0.3 is 16.2 Å². The molecule has 4 N–H and O–H groups in total. The molecule has 0 saturated heterocycles. The normalized spacial score (nSPS) is 14.2. The van der Waals surface area contributed by atoms with Crippen molar-refractivity contribution in [3.8, 4) is 0 Å². The van der Waals surface area contributed by atoms with Crippen molar-refractivity contribution >= 4 is 33.4 Å². The number of amides is 1. The summed E-state index contributed by atoms with van der Waals surface area (Å²) in [4.78, 5) is 11.8. The Balaban J connectivity index is 2.68. The van der Waals surface area contributed by atoms with E-state index >= 15 is 0 Å². The quantitative estimate of drug-likeness (QED) is 0.787. The first-order valence-electron chi connectivity index (χ1n) is 5.09. The first-order chi connectivity index (χ1) is 7.93. The predicted octanol–water partition coefficient (Wildman–Crippen LogP) is 1.54. The van der Waals surface area contributed by atoms with Gasteiger partial charge in [-0.3, -0.25) is 4.79 Å². The van der Waals surface area contributed by atoms with Crippen molar-refractivity contribution in [3.05, 3.63) is 33.3 Å². The van der Waals surface area contributed by atoms with Crippen LogP contribution in [0.25, 0.3) is 0 Å². The van der Waals surface area contributed by atoms with Crippen LogP contribution in [0.15, 0.2) is 22.7 Å². The fraction of sp³-hybridized carbons (Fsp3) is 0.364. The third-order valence-electron chi connectivity index (χ3n) is 2.31. The molecule has 1 aromatic rings. The standard InChI is InChI=1S/C11H14BrClN2O2/c1-6(16)9(14)5-15-11(17)7-3-2-4-8(12)10(7)13/h2-4,6,9,16H,5,14H2,1H3,(H,15,17). The molecule has 1 rings (SSSR count). The number of carbonyl (C=O) groups is 1. The average Bonchev–Trinajstić information content (AvgIpc) is 2.29. The van der Waals surface area contributed by atoms with Gasteiger partial charge in [-0.25, -0.2) is 0 Å². The molecule has 2 unspecified atom stereocenters. The van der Waals surface area contributed by atoms with Crippen molar-refractivity contribution < 1.29 is 9.90 Å². The zero-order valence-electron chi connectivity index (χ0n) is 9.28. The second-order valence-corrected chi connectivity index (χ2v) is 4.95. The van der Waals surface area contributed by atoms with Gasteiger partial charge in [0.05, 0.1) is 16.7 Å². The van der Waals surface area contributed by atoms with Crippen LogP contribution in [0.4, 0.5) is 0 Å². The Morgan fingerprint density at radius 1 is 1.65 bits per heavy atom. The third kappa shape index (κ3) is 3.96. The number of aliphatic hydroxyl groups is 1. The van der Waals surface area contributed by atoms with E-state index in [0.29, 0.717) is 15.1 Å². The van der Waals surface area contributed by atoms with Crippen molar-refractivity contribution in [1.82, 2.24) is 5.32 Å². The van der Waals surface area contributed by atoms with Crippen molar-refractivity contribution in [2.75, 3.05) is 6.54 Å². The monoisotopic (exact) mass is 320 g/mol. The van der Waals surface area contributed by atoms with Gasteiger partial charge in [0.2, 0.25) is 0 Å². The first kappa shape index (κ1) is 14.4. The van der Waals surface area contributed by atoms with Crippen LogP contribution < -0.4 is 11.1 Å². The van der Waals surface area contributed by atoms with Crippen LogP contribution in [0.1, 0.15) is 17.3 Å². The number of halogens is 2. The molecule has 0 aliphatic carbocycles. The van der Waals surface area contributed by atoms with Gasteiger partial charge in [0.1, 0.15) is 0 Å². The molecule has 94 valence electrons. The van der Waals surface area contributed by atoms with Gasteiger partial charge in [-0.1, -0.05) is 17.7 Å². The highest BCUT2D eigenvalue weighted by atomic mass is 79.9. The van der Waals surface area contributed by atoms with Crippen LogP contribution >= 0.6 is 27.5 Å². The molecule has 0 aliphatic rings. The average molecular weight is 322 g/mol. The Kier molecular flexibility index (Phi) is 5.39. The largest absolute Gasteiger partial charge is 0.392 e. The summed E-state index contributed by atoms with van der Waals surface area (Å²) >= 11 is 9.22. The molecule has 0 aliphatic heterocycles. The molecule has 0 fully saturated rings. The summed E-state index contributed by atoms with van der Waals surface area (Å²) < 4.78 is 0.659. The molecule has 1 amide bonds. The molecule has 0 radical (unpaired) electrons. The molecule has 0 aromatic heterocycles. The van der Waals surface area contributed by atoms with Gasteiger partial charge in [0, 0.05) is 17.1 Å². The molecule has 2 atom stereocenters. The van der Waals surface area contributed by atoms with Crippen molar-refractivity contribution in [3.63, 3.8) is 0 Å². The van der Waals surface area contributed by atoms with Gasteiger partial charge in [0.15, 0.2) is 0 Å². The summed E-state index contributed by atoms with van der Waals surface area (Å²) in [7, 11) is 0. The van der Waals surface area contributed by atoms with E-state index in [1.165, 1.54) is 0 Å². The van der Waals surface area contributed by atoms with Crippen LogP contribution in [0, 0.1) is 0 Å². The van der Waals surface area contributed by atoms with Crippen LogP contribution in [0.2, 0.25) is 5.02 Å². The Labute approximate surface area is 113 Å². The number of nitrogens with one attached hydrogen (secondary N) is 1. The van der Waals surface area contributed by atoms with Crippen LogP contribution in [-0.4, -0.2) is 29.7 Å². The Hall–Kier alpha value is -0.620. The van der Waals surface area contributed by atoms with Gasteiger partial charge in [0.25, 0.3) is 5.91 Å². The summed E-state index contributed by atoms with van der Waals surface area (Å²) in [5, 5.41) is 12.2. The molecule has 6 heteroatoms. The molecule has 0 spiro atoms. The molecule has 4 nitrogen and oxygen atoms in total. The maximum atomic E-state index is 11.8. The number of hydrogen-bond donors (Lipinski definition) is 3. The smallest absolute Gasteiger partial charge is 0.252 e. The van der Waals surface area contributed by atoms with Gasteiger partial charge in [-0.2, -0.15) is 0 Å². The highest BCUT2D eigenvalue weighted by Crippen LogP contribution is 2.25. The number of rotatable bonds is 4. The van der Waals surface area contributed by atoms with Crippen molar-refractivity contribution in [2.45, 2.75) is 19.1 Å². The van der Waals surface area contributed by atoms with E-state index in [0.717, 1.165) is 0 Å². The summed E-state index contributed by atoms with van der Waals surface area (Å²) in [5.74, 6) is -0.313. The van der Waals surface area contributed by atoms with E-state index in [4.69, 9.17) is 17.3 Å². The second-order valence-electron chi connectivity index (χ2n) is 3.72. The molecular formula is C11H14BrClN2O2. The van der Waals surface area contributed by atoms with E-state index in [2.05, 4.69) is 21.2 Å². The first-order valence-corrected chi connectivity index (χ1v) is 6.26. The van der Waals surface area contributed by atoms with E-state index in [1.54, 1.807) is 25.1 Å². The number of carbonyl (C=O) groups excluding carboxylic acids is 1. The van der Waals surface area contributed by atoms with E-state index in [9.17, 15) is 9.90 Å². The fourth-order valence-corrected chi connectivity index (χ4v) is 1.73. The Bertz CT molecular complexity index is 412. The summed E-state index contributed by atoms with van der Waals surface area (Å²) in [6.45, 7) is 1.77. The lowest BCUT2D eigenvalue weighted by atomic mass is 10.1. The maximum absolute atomic E-state index is 11.8. The summed E-state index contributed by atoms with van der Waals surface area (Å²) in [6, 6.07) is 4.60. The fourth-order valence-electron chi connectivity index (χ4n) is 1.16. The summed E-state index contributed by atoms with van der Waals surface area (Å²) in [6.07, 6.45) is -0.673. The topological polar surface area (TPSA) is 75.3 Å². The Morgan fingerprint density at radius 3 is 2.88 bits per heavy atom. The van der Waals surface area contributed by atoms with E-state index in [1.807, 2.05) is 0 Å².